The Morgan fingerprint density at radius 1 is 0.432 bits per heavy atom. The van der Waals surface area contributed by atoms with Crippen LogP contribution in [0.2, 0.25) is 0 Å². The first-order chi connectivity index (χ1) is 17.0. The van der Waals surface area contributed by atoms with Crippen molar-refractivity contribution < 1.29 is 39.6 Å². The number of carbonyl (C=O) groups is 4. The summed E-state index contributed by atoms with van der Waals surface area (Å²) in [6.45, 7) is 1.44. The number of rotatable bonds is 6. The number of hydrogen-bond acceptors (Lipinski definition) is 6. The Hall–Kier alpha value is 0.0800. The molecule has 0 aromatic heterocycles. The Balaban J connectivity index is 0.000000594. The SMILES string of the molecule is NCCCN.O=C(O)c1c(Br)c(Br)c(Br)c(Br)c1C(=O)O.O=C(O)c1c(Br)c(Br)c(Br)c(Br)c1C(=O)O. The van der Waals surface area contributed by atoms with Crippen molar-refractivity contribution in [3.63, 3.8) is 0 Å². The third-order valence-electron chi connectivity index (χ3n) is 3.80. The molecule has 0 unspecified atom stereocenters. The highest BCUT2D eigenvalue weighted by atomic mass is 79.9. The molecule has 18 heteroatoms. The van der Waals surface area contributed by atoms with Gasteiger partial charge in [-0.3, -0.25) is 0 Å². The van der Waals surface area contributed by atoms with Gasteiger partial charge in [-0.2, -0.15) is 0 Å². The van der Waals surface area contributed by atoms with Crippen molar-refractivity contribution in [2.45, 2.75) is 6.42 Å². The molecule has 0 amide bonds. The monoisotopic (exact) mass is 1030 g/mol. The van der Waals surface area contributed by atoms with Crippen molar-refractivity contribution in [3.05, 3.63) is 58.0 Å². The minimum atomic E-state index is -1.32. The van der Waals surface area contributed by atoms with Crippen LogP contribution in [-0.2, 0) is 0 Å². The molecule has 0 saturated heterocycles. The first kappa shape index (κ1) is 37.1. The molecule has 204 valence electrons. The van der Waals surface area contributed by atoms with Crippen LogP contribution in [0.3, 0.4) is 0 Å². The quantitative estimate of drug-likeness (QED) is 0.124. The van der Waals surface area contributed by atoms with Crippen LogP contribution < -0.4 is 11.5 Å². The second-order valence-corrected chi connectivity index (χ2v) is 12.5. The molecule has 0 spiro atoms. The topological polar surface area (TPSA) is 201 Å². The van der Waals surface area contributed by atoms with Crippen LogP contribution in [0.5, 0.6) is 0 Å². The lowest BCUT2D eigenvalue weighted by atomic mass is 10.1. The smallest absolute Gasteiger partial charge is 0.337 e. The fourth-order valence-electron chi connectivity index (χ4n) is 2.18. The van der Waals surface area contributed by atoms with Gasteiger partial charge in [-0.1, -0.05) is 0 Å². The highest BCUT2D eigenvalue weighted by Gasteiger charge is 2.28. The first-order valence-electron chi connectivity index (χ1n) is 9.04. The lowest BCUT2D eigenvalue weighted by molar-refractivity contribution is 0.0649. The van der Waals surface area contributed by atoms with E-state index in [-0.39, 0.29) is 40.1 Å². The van der Waals surface area contributed by atoms with E-state index < -0.39 is 23.9 Å². The number of halogens is 8. The van der Waals surface area contributed by atoms with E-state index in [4.69, 9.17) is 31.9 Å². The summed E-state index contributed by atoms with van der Waals surface area (Å²) in [4.78, 5) is 44.0. The van der Waals surface area contributed by atoms with Crippen LogP contribution >= 0.6 is 127 Å². The molecule has 0 heterocycles. The maximum absolute atomic E-state index is 11.0. The summed E-state index contributed by atoms with van der Waals surface area (Å²) in [5.74, 6) is -5.28. The molecule has 0 atom stereocenters. The molecule has 2 aromatic rings. The van der Waals surface area contributed by atoms with Gasteiger partial charge in [0.15, 0.2) is 0 Å². The van der Waals surface area contributed by atoms with Crippen molar-refractivity contribution >= 4 is 151 Å². The number of nitrogens with two attached hydrogens (primary N) is 2. The molecular weight excluding hydrogens is 1020 g/mol. The zero-order valence-electron chi connectivity index (χ0n) is 17.7. The summed E-state index contributed by atoms with van der Waals surface area (Å²) in [5, 5.41) is 35.9. The normalized spacial score (nSPS) is 10.0. The summed E-state index contributed by atoms with van der Waals surface area (Å²) in [6, 6.07) is 0. The van der Waals surface area contributed by atoms with Crippen LogP contribution in [0.4, 0.5) is 0 Å². The van der Waals surface area contributed by atoms with Crippen molar-refractivity contribution in [2.75, 3.05) is 13.1 Å². The van der Waals surface area contributed by atoms with Crippen molar-refractivity contribution in [2.24, 2.45) is 11.5 Å². The zero-order valence-corrected chi connectivity index (χ0v) is 30.4. The van der Waals surface area contributed by atoms with E-state index in [0.29, 0.717) is 17.9 Å². The average Bonchev–Trinajstić information content (AvgIpc) is 2.80. The lowest BCUT2D eigenvalue weighted by Crippen LogP contribution is -2.11. The van der Waals surface area contributed by atoms with Crippen LogP contribution in [0.25, 0.3) is 0 Å². The number of carboxylic acid groups (broad SMARTS) is 4. The average molecular weight is 1040 g/mol. The van der Waals surface area contributed by atoms with Crippen LogP contribution in [0, 0.1) is 0 Å². The molecule has 0 aliphatic heterocycles. The van der Waals surface area contributed by atoms with Gasteiger partial charge >= 0.3 is 23.9 Å². The Kier molecular flexibility index (Phi) is 17.1. The fraction of sp³-hybridized carbons (Fsp3) is 0.158. The zero-order chi connectivity index (χ0) is 29.4. The summed E-state index contributed by atoms with van der Waals surface area (Å²) in [6.07, 6.45) is 0.944. The lowest BCUT2D eigenvalue weighted by Gasteiger charge is -2.11. The summed E-state index contributed by atoms with van der Waals surface area (Å²) < 4.78 is 2.42. The van der Waals surface area contributed by atoms with Crippen LogP contribution in [0.15, 0.2) is 35.8 Å². The van der Waals surface area contributed by atoms with E-state index in [1.807, 2.05) is 0 Å². The van der Waals surface area contributed by atoms with E-state index in [9.17, 15) is 19.2 Å². The van der Waals surface area contributed by atoms with Gasteiger partial charge in [0.25, 0.3) is 0 Å². The molecule has 0 radical (unpaired) electrons. The van der Waals surface area contributed by atoms with E-state index >= 15 is 0 Å². The van der Waals surface area contributed by atoms with Gasteiger partial charge in [-0.25, -0.2) is 19.2 Å². The van der Waals surface area contributed by atoms with E-state index in [1.54, 1.807) is 0 Å². The minimum Gasteiger partial charge on any atom is -0.478 e. The third kappa shape index (κ3) is 9.60. The van der Waals surface area contributed by atoms with Gasteiger partial charge in [-0.15, -0.1) is 0 Å². The van der Waals surface area contributed by atoms with Gasteiger partial charge in [0.1, 0.15) is 0 Å². The van der Waals surface area contributed by atoms with Gasteiger partial charge < -0.3 is 31.9 Å². The molecule has 2 rings (SSSR count). The highest BCUT2D eigenvalue weighted by Crippen LogP contribution is 2.43. The van der Waals surface area contributed by atoms with E-state index in [2.05, 4.69) is 127 Å². The van der Waals surface area contributed by atoms with E-state index in [0.717, 1.165) is 19.5 Å². The minimum absolute atomic E-state index is 0.174. The standard InChI is InChI=1S/2C8H2Br4O4.C3H10N2/c2*9-3-1(7(13)14)2(8(15)16)4(10)6(12)5(3)11;4-2-1-3-5/h2*(H,13,14)(H,15,16);1-5H2. The number of carboxylic acids is 4. The molecule has 0 fully saturated rings. The van der Waals surface area contributed by atoms with Gasteiger partial charge in [0, 0.05) is 35.8 Å². The molecule has 10 nitrogen and oxygen atoms in total. The molecule has 37 heavy (non-hydrogen) atoms. The Morgan fingerprint density at radius 3 is 0.676 bits per heavy atom. The number of hydrogen-bond donors (Lipinski definition) is 6. The van der Waals surface area contributed by atoms with Gasteiger partial charge in [-0.05, 0) is 147 Å². The van der Waals surface area contributed by atoms with E-state index in [1.165, 1.54) is 0 Å². The molecule has 0 aliphatic carbocycles. The maximum Gasteiger partial charge on any atom is 0.337 e. The number of benzene rings is 2. The molecular formula is C19H14Br8N2O8. The molecule has 8 N–H and O–H groups in total. The summed E-state index contributed by atoms with van der Waals surface area (Å²) in [7, 11) is 0. The first-order valence-corrected chi connectivity index (χ1v) is 15.4. The van der Waals surface area contributed by atoms with Crippen molar-refractivity contribution in [1.82, 2.24) is 0 Å². The molecule has 2 aromatic carbocycles. The maximum atomic E-state index is 11.0. The predicted molar refractivity (Wildman–Crippen MR) is 165 cm³/mol. The molecule has 0 saturated carbocycles. The van der Waals surface area contributed by atoms with Crippen molar-refractivity contribution in [1.29, 1.82) is 0 Å². The van der Waals surface area contributed by atoms with Crippen LogP contribution in [0.1, 0.15) is 47.9 Å². The highest BCUT2D eigenvalue weighted by molar-refractivity contribution is 9.15. The second-order valence-electron chi connectivity index (χ2n) is 6.16. The van der Waals surface area contributed by atoms with Crippen molar-refractivity contribution in [3.8, 4) is 0 Å². The Morgan fingerprint density at radius 2 is 0.595 bits per heavy atom. The Labute approximate surface area is 276 Å². The largest absolute Gasteiger partial charge is 0.478 e. The summed E-state index contributed by atoms with van der Waals surface area (Å²) >= 11 is 24.8. The fourth-order valence-corrected chi connectivity index (χ4v) is 7.10. The predicted octanol–water partition coefficient (Wildman–Crippen LogP) is 7.56. The van der Waals surface area contributed by atoms with Gasteiger partial charge in [0.2, 0.25) is 0 Å². The van der Waals surface area contributed by atoms with Gasteiger partial charge in [0.05, 0.1) is 22.3 Å². The Bertz CT molecular complexity index is 1060. The third-order valence-corrected chi connectivity index (χ3v) is 13.3. The molecule has 0 aliphatic rings. The van der Waals surface area contributed by atoms with Crippen LogP contribution in [-0.4, -0.2) is 57.4 Å². The summed E-state index contributed by atoms with van der Waals surface area (Å²) in [5.41, 5.74) is 8.88. The molecule has 0 bridgehead atoms. The number of aromatic carboxylic acids is 4. The second kappa shape index (κ2) is 17.0.